The van der Waals surface area contributed by atoms with Crippen molar-refractivity contribution in [1.82, 2.24) is 4.98 Å². The lowest BCUT2D eigenvalue weighted by Gasteiger charge is -2.29. The van der Waals surface area contributed by atoms with Crippen molar-refractivity contribution in [2.24, 2.45) is 5.73 Å². The van der Waals surface area contributed by atoms with E-state index in [1.54, 1.807) is 0 Å². The van der Waals surface area contributed by atoms with E-state index in [0.29, 0.717) is 0 Å². The highest BCUT2D eigenvalue weighted by molar-refractivity contribution is 5.88. The Morgan fingerprint density at radius 2 is 1.80 bits per heavy atom. The van der Waals surface area contributed by atoms with Crippen molar-refractivity contribution < 1.29 is 0 Å². The number of rotatable bonds is 1. The van der Waals surface area contributed by atoms with Gasteiger partial charge in [0.25, 0.3) is 0 Å². The highest BCUT2D eigenvalue weighted by Crippen LogP contribution is 2.36. The molecule has 106 valence electrons. The highest BCUT2D eigenvalue weighted by Gasteiger charge is 2.26. The summed E-state index contributed by atoms with van der Waals surface area (Å²) in [5.41, 5.74) is 13.9. The molecule has 0 saturated carbocycles. The van der Waals surface area contributed by atoms with E-state index in [4.69, 9.17) is 10.7 Å². The molecule has 3 rings (SSSR count). The summed E-state index contributed by atoms with van der Waals surface area (Å²) in [5, 5.41) is 1.26. The topological polar surface area (TPSA) is 38.9 Å². The predicted molar refractivity (Wildman–Crippen MR) is 85.1 cm³/mol. The standard InChI is InChI=1S/C18H24N2/c1-11-9-12(2)17-14(10-11)16(18(3,4)19)13-7-5-6-8-15(13)20-17/h9-10H,5-8,19H2,1-4H3. The van der Waals surface area contributed by atoms with Crippen LogP contribution in [0.5, 0.6) is 0 Å². The van der Waals surface area contributed by atoms with Crippen LogP contribution in [-0.4, -0.2) is 4.98 Å². The number of hydrogen-bond acceptors (Lipinski definition) is 2. The van der Waals surface area contributed by atoms with Crippen molar-refractivity contribution in [3.05, 3.63) is 40.1 Å². The van der Waals surface area contributed by atoms with Gasteiger partial charge in [0.15, 0.2) is 0 Å². The summed E-state index contributed by atoms with van der Waals surface area (Å²) < 4.78 is 0. The molecule has 1 aromatic carbocycles. The normalized spacial score (nSPS) is 15.4. The van der Waals surface area contributed by atoms with Gasteiger partial charge in [-0.3, -0.25) is 4.98 Å². The fraction of sp³-hybridized carbons (Fsp3) is 0.500. The Kier molecular flexibility index (Phi) is 3.09. The maximum absolute atomic E-state index is 6.52. The molecular weight excluding hydrogens is 244 g/mol. The second-order valence-electron chi connectivity index (χ2n) is 6.82. The zero-order valence-corrected chi connectivity index (χ0v) is 13.0. The number of aryl methyl sites for hydroxylation is 3. The van der Waals surface area contributed by atoms with Gasteiger partial charge in [-0.1, -0.05) is 11.6 Å². The van der Waals surface area contributed by atoms with Gasteiger partial charge in [0.05, 0.1) is 5.52 Å². The molecule has 0 bridgehead atoms. The van der Waals surface area contributed by atoms with E-state index >= 15 is 0 Å². The van der Waals surface area contributed by atoms with Crippen molar-refractivity contribution in [1.29, 1.82) is 0 Å². The van der Waals surface area contributed by atoms with E-state index < -0.39 is 0 Å². The summed E-state index contributed by atoms with van der Waals surface area (Å²) >= 11 is 0. The Balaban J connectivity index is 2.46. The van der Waals surface area contributed by atoms with Crippen molar-refractivity contribution in [3.63, 3.8) is 0 Å². The van der Waals surface area contributed by atoms with E-state index in [1.165, 1.54) is 46.2 Å². The molecule has 0 aliphatic heterocycles. The average Bonchev–Trinajstić information content (AvgIpc) is 2.35. The zero-order chi connectivity index (χ0) is 14.5. The van der Waals surface area contributed by atoms with E-state index in [9.17, 15) is 0 Å². The molecule has 0 amide bonds. The first-order chi connectivity index (χ1) is 9.38. The SMILES string of the molecule is Cc1cc(C)c2nc3c(c(C(C)(C)N)c2c1)CCCC3. The quantitative estimate of drug-likeness (QED) is 0.851. The largest absolute Gasteiger partial charge is 0.322 e. The fourth-order valence-electron chi connectivity index (χ4n) is 3.61. The van der Waals surface area contributed by atoms with Crippen LogP contribution in [0.3, 0.4) is 0 Å². The Labute approximate surface area is 121 Å². The number of aromatic nitrogens is 1. The lowest BCUT2D eigenvalue weighted by molar-refractivity contribution is 0.541. The summed E-state index contributed by atoms with van der Waals surface area (Å²) in [7, 11) is 0. The average molecular weight is 268 g/mol. The van der Waals surface area contributed by atoms with Gasteiger partial charge in [-0.2, -0.15) is 0 Å². The molecule has 0 spiro atoms. The molecule has 0 unspecified atom stereocenters. The van der Waals surface area contributed by atoms with E-state index in [2.05, 4.69) is 39.8 Å². The molecule has 0 saturated heterocycles. The molecule has 1 aliphatic carbocycles. The van der Waals surface area contributed by atoms with Gasteiger partial charge < -0.3 is 5.73 Å². The van der Waals surface area contributed by atoms with Gasteiger partial charge in [0.2, 0.25) is 0 Å². The second-order valence-corrected chi connectivity index (χ2v) is 6.82. The van der Waals surface area contributed by atoms with Gasteiger partial charge in [-0.15, -0.1) is 0 Å². The molecule has 0 atom stereocenters. The van der Waals surface area contributed by atoms with Crippen LogP contribution in [0.25, 0.3) is 10.9 Å². The third-order valence-electron chi connectivity index (χ3n) is 4.35. The first-order valence-electron chi connectivity index (χ1n) is 7.60. The minimum Gasteiger partial charge on any atom is -0.322 e. The summed E-state index contributed by atoms with van der Waals surface area (Å²) in [5.74, 6) is 0. The molecule has 0 fully saturated rings. The lowest BCUT2D eigenvalue weighted by atomic mass is 9.81. The number of nitrogens with zero attached hydrogens (tertiary/aromatic N) is 1. The summed E-state index contributed by atoms with van der Waals surface area (Å²) in [6, 6.07) is 4.48. The van der Waals surface area contributed by atoms with Crippen LogP contribution in [0.15, 0.2) is 12.1 Å². The van der Waals surface area contributed by atoms with Crippen LogP contribution >= 0.6 is 0 Å². The first kappa shape index (κ1) is 13.6. The van der Waals surface area contributed by atoms with Crippen molar-refractivity contribution in [2.75, 3.05) is 0 Å². The lowest BCUT2D eigenvalue weighted by Crippen LogP contribution is -2.32. The Hall–Kier alpha value is -1.41. The zero-order valence-electron chi connectivity index (χ0n) is 13.0. The molecule has 20 heavy (non-hydrogen) atoms. The van der Waals surface area contributed by atoms with E-state index in [0.717, 1.165) is 18.4 Å². The number of nitrogens with two attached hydrogens (primary N) is 1. The second kappa shape index (κ2) is 4.56. The molecule has 2 nitrogen and oxygen atoms in total. The third-order valence-corrected chi connectivity index (χ3v) is 4.35. The fourth-order valence-corrected chi connectivity index (χ4v) is 3.61. The molecule has 1 heterocycles. The van der Waals surface area contributed by atoms with Crippen molar-refractivity contribution in [2.45, 2.75) is 58.9 Å². The predicted octanol–water partition coefficient (Wildman–Crippen LogP) is 3.92. The Morgan fingerprint density at radius 3 is 2.50 bits per heavy atom. The van der Waals surface area contributed by atoms with Crippen LogP contribution in [0.1, 0.15) is 54.6 Å². The number of benzene rings is 1. The summed E-state index contributed by atoms with van der Waals surface area (Å²) in [4.78, 5) is 4.97. The molecule has 0 radical (unpaired) electrons. The first-order valence-corrected chi connectivity index (χ1v) is 7.60. The minimum absolute atomic E-state index is 0.317. The maximum Gasteiger partial charge on any atom is 0.0738 e. The molecule has 2 heteroatoms. The number of pyridine rings is 1. The molecule has 1 aromatic heterocycles. The minimum atomic E-state index is -0.317. The summed E-state index contributed by atoms with van der Waals surface area (Å²) in [6.07, 6.45) is 4.73. The van der Waals surface area contributed by atoms with Crippen LogP contribution in [0.2, 0.25) is 0 Å². The van der Waals surface area contributed by atoms with Gasteiger partial charge in [-0.05, 0) is 76.1 Å². The van der Waals surface area contributed by atoms with E-state index in [1.807, 2.05) is 0 Å². The number of hydrogen-bond donors (Lipinski definition) is 1. The molecular formula is C18H24N2. The Morgan fingerprint density at radius 1 is 1.10 bits per heavy atom. The Bertz CT molecular complexity index is 678. The van der Waals surface area contributed by atoms with Crippen molar-refractivity contribution in [3.8, 4) is 0 Å². The van der Waals surface area contributed by atoms with E-state index in [-0.39, 0.29) is 5.54 Å². The summed E-state index contributed by atoms with van der Waals surface area (Å²) in [6.45, 7) is 8.55. The smallest absolute Gasteiger partial charge is 0.0738 e. The van der Waals surface area contributed by atoms with Gasteiger partial charge >= 0.3 is 0 Å². The van der Waals surface area contributed by atoms with Crippen LogP contribution in [0.4, 0.5) is 0 Å². The van der Waals surface area contributed by atoms with Gasteiger partial charge in [0.1, 0.15) is 0 Å². The highest BCUT2D eigenvalue weighted by atomic mass is 14.8. The maximum atomic E-state index is 6.52. The molecule has 1 aliphatic rings. The van der Waals surface area contributed by atoms with Crippen LogP contribution < -0.4 is 5.73 Å². The van der Waals surface area contributed by atoms with Gasteiger partial charge in [-0.25, -0.2) is 0 Å². The molecule has 2 aromatic rings. The monoisotopic (exact) mass is 268 g/mol. The van der Waals surface area contributed by atoms with Crippen LogP contribution in [0, 0.1) is 13.8 Å². The van der Waals surface area contributed by atoms with Gasteiger partial charge in [0, 0.05) is 16.6 Å². The molecule has 2 N–H and O–H groups in total. The number of fused-ring (bicyclic) bond motifs is 2. The third kappa shape index (κ3) is 2.12. The van der Waals surface area contributed by atoms with Crippen LogP contribution in [-0.2, 0) is 18.4 Å². The van der Waals surface area contributed by atoms with Crippen molar-refractivity contribution >= 4 is 10.9 Å².